The lowest BCUT2D eigenvalue weighted by molar-refractivity contribution is 0.588. The molecule has 2 aromatic heterocycles. The van der Waals surface area contributed by atoms with Crippen LogP contribution in [0.2, 0.25) is 0 Å². The normalized spacial score (nSPS) is 11.1. The largest absolute Gasteiger partial charge is 0.339 e. The molecule has 0 radical (unpaired) electrons. The van der Waals surface area contributed by atoms with Gasteiger partial charge in [0.15, 0.2) is 5.65 Å². The zero-order valence-corrected chi connectivity index (χ0v) is 9.12. The van der Waals surface area contributed by atoms with Crippen LogP contribution in [-0.2, 0) is 6.54 Å². The Kier molecular flexibility index (Phi) is 2.89. The minimum Gasteiger partial charge on any atom is -0.339 e. The molecule has 6 heteroatoms. The van der Waals surface area contributed by atoms with Gasteiger partial charge in [-0.05, 0) is 6.42 Å². The van der Waals surface area contributed by atoms with Crippen molar-refractivity contribution in [2.24, 2.45) is 0 Å². The van der Waals surface area contributed by atoms with Crippen molar-refractivity contribution in [2.75, 3.05) is 0 Å². The summed E-state index contributed by atoms with van der Waals surface area (Å²) in [6.07, 6.45) is 4.47. The second-order valence-electron chi connectivity index (χ2n) is 3.72. The van der Waals surface area contributed by atoms with E-state index in [2.05, 4.69) is 21.9 Å². The van der Waals surface area contributed by atoms with Gasteiger partial charge in [-0.2, -0.15) is 0 Å². The van der Waals surface area contributed by atoms with Crippen LogP contribution in [-0.4, -0.2) is 19.5 Å². The summed E-state index contributed by atoms with van der Waals surface area (Å²) < 4.78 is 1.50. The average molecular weight is 222 g/mol. The second kappa shape index (κ2) is 4.34. The van der Waals surface area contributed by atoms with E-state index in [0.29, 0.717) is 17.7 Å². The number of rotatable bonds is 4. The van der Waals surface area contributed by atoms with E-state index < -0.39 is 5.56 Å². The van der Waals surface area contributed by atoms with Crippen molar-refractivity contribution in [1.29, 1.82) is 0 Å². The maximum atomic E-state index is 11.6. The number of hydrogen-bond acceptors (Lipinski definition) is 3. The number of unbranched alkanes of at least 4 members (excludes halogenated alkanes) is 2. The Bertz CT molecular complexity index is 593. The average Bonchev–Trinajstić information content (AvgIpc) is 2.72. The Balaban J connectivity index is 2.47. The van der Waals surface area contributed by atoms with E-state index in [1.54, 1.807) is 0 Å². The molecule has 0 bridgehead atoms. The van der Waals surface area contributed by atoms with Crippen LogP contribution in [0.1, 0.15) is 26.2 Å². The van der Waals surface area contributed by atoms with Crippen LogP contribution in [0.5, 0.6) is 0 Å². The van der Waals surface area contributed by atoms with Gasteiger partial charge < -0.3 is 4.98 Å². The van der Waals surface area contributed by atoms with Crippen molar-refractivity contribution in [1.82, 2.24) is 19.5 Å². The van der Waals surface area contributed by atoms with E-state index in [9.17, 15) is 9.59 Å². The fourth-order valence-corrected chi connectivity index (χ4v) is 1.71. The summed E-state index contributed by atoms with van der Waals surface area (Å²) in [4.78, 5) is 32.0. The van der Waals surface area contributed by atoms with Crippen LogP contribution in [0.4, 0.5) is 0 Å². The Morgan fingerprint density at radius 2 is 2.19 bits per heavy atom. The monoisotopic (exact) mass is 222 g/mol. The van der Waals surface area contributed by atoms with Gasteiger partial charge in [-0.25, -0.2) is 9.78 Å². The number of H-pyrrole nitrogens is 2. The first-order chi connectivity index (χ1) is 7.74. The quantitative estimate of drug-likeness (QED) is 0.743. The zero-order valence-electron chi connectivity index (χ0n) is 9.12. The lowest BCUT2D eigenvalue weighted by Gasteiger charge is -2.04. The van der Waals surface area contributed by atoms with Crippen LogP contribution >= 0.6 is 0 Å². The molecule has 2 aromatic rings. The number of nitrogens with one attached hydrogen (secondary N) is 2. The van der Waals surface area contributed by atoms with Crippen molar-refractivity contribution in [3.05, 3.63) is 27.2 Å². The summed E-state index contributed by atoms with van der Waals surface area (Å²) in [6, 6.07) is 0. The molecule has 6 nitrogen and oxygen atoms in total. The van der Waals surface area contributed by atoms with Gasteiger partial charge in [-0.1, -0.05) is 19.8 Å². The smallest absolute Gasteiger partial charge is 0.330 e. The molecule has 0 saturated carbocycles. The van der Waals surface area contributed by atoms with Crippen LogP contribution < -0.4 is 11.2 Å². The number of aromatic amines is 2. The van der Waals surface area contributed by atoms with E-state index in [4.69, 9.17) is 0 Å². The summed E-state index contributed by atoms with van der Waals surface area (Å²) in [5.74, 6) is 0. The molecular weight excluding hydrogens is 208 g/mol. The highest BCUT2D eigenvalue weighted by Crippen LogP contribution is 2.03. The van der Waals surface area contributed by atoms with Crippen LogP contribution in [0.3, 0.4) is 0 Å². The van der Waals surface area contributed by atoms with E-state index >= 15 is 0 Å². The highest BCUT2D eigenvalue weighted by molar-refractivity contribution is 5.68. The van der Waals surface area contributed by atoms with Crippen molar-refractivity contribution in [3.63, 3.8) is 0 Å². The van der Waals surface area contributed by atoms with Gasteiger partial charge in [-0.3, -0.25) is 14.3 Å². The number of nitrogens with zero attached hydrogens (tertiary/aromatic N) is 2. The molecule has 0 atom stereocenters. The van der Waals surface area contributed by atoms with Crippen LogP contribution in [0.15, 0.2) is 15.9 Å². The Hall–Kier alpha value is -1.85. The SMILES string of the molecule is CCCCCn1c(=O)[nH]c(=O)c2[nH]cnc21. The third-order valence-corrected chi connectivity index (χ3v) is 2.55. The van der Waals surface area contributed by atoms with Gasteiger partial charge >= 0.3 is 5.69 Å². The van der Waals surface area contributed by atoms with Gasteiger partial charge in [0.25, 0.3) is 5.56 Å². The second-order valence-corrected chi connectivity index (χ2v) is 3.72. The minimum atomic E-state index is -0.413. The fourth-order valence-electron chi connectivity index (χ4n) is 1.71. The molecule has 86 valence electrons. The van der Waals surface area contributed by atoms with Crippen molar-refractivity contribution >= 4 is 11.2 Å². The molecule has 0 aromatic carbocycles. The highest BCUT2D eigenvalue weighted by atomic mass is 16.2. The molecule has 16 heavy (non-hydrogen) atoms. The van der Waals surface area contributed by atoms with Crippen molar-refractivity contribution in [2.45, 2.75) is 32.7 Å². The molecule has 0 spiro atoms. The summed E-state index contributed by atoms with van der Waals surface area (Å²) in [7, 11) is 0. The summed E-state index contributed by atoms with van der Waals surface area (Å²) >= 11 is 0. The highest BCUT2D eigenvalue weighted by Gasteiger charge is 2.08. The summed E-state index contributed by atoms with van der Waals surface area (Å²) in [5.41, 5.74) is -0.00843. The Morgan fingerprint density at radius 1 is 1.38 bits per heavy atom. The summed E-state index contributed by atoms with van der Waals surface area (Å²) in [6.45, 7) is 2.69. The van der Waals surface area contributed by atoms with E-state index in [-0.39, 0.29) is 5.69 Å². The maximum absolute atomic E-state index is 11.6. The molecule has 0 amide bonds. The number of aromatic nitrogens is 4. The topological polar surface area (TPSA) is 83.5 Å². The van der Waals surface area contributed by atoms with Crippen molar-refractivity contribution < 1.29 is 0 Å². The third-order valence-electron chi connectivity index (χ3n) is 2.55. The van der Waals surface area contributed by atoms with E-state index in [0.717, 1.165) is 19.3 Å². The van der Waals surface area contributed by atoms with Gasteiger partial charge in [0, 0.05) is 6.54 Å². The molecule has 0 fully saturated rings. The molecular formula is C10H14N4O2. The lowest BCUT2D eigenvalue weighted by Crippen LogP contribution is -2.30. The van der Waals surface area contributed by atoms with Gasteiger partial charge in [0.1, 0.15) is 5.52 Å². The predicted octanol–water partition coefficient (Wildman–Crippen LogP) is 0.603. The van der Waals surface area contributed by atoms with E-state index in [1.165, 1.54) is 10.9 Å². The number of aryl methyl sites for hydroxylation is 1. The molecule has 2 rings (SSSR count). The first-order valence-electron chi connectivity index (χ1n) is 5.40. The summed E-state index contributed by atoms with van der Waals surface area (Å²) in [5, 5.41) is 0. The molecule has 2 N–H and O–H groups in total. The molecule has 2 heterocycles. The van der Waals surface area contributed by atoms with Gasteiger partial charge in [-0.15, -0.1) is 0 Å². The first-order valence-corrected chi connectivity index (χ1v) is 5.40. The first kappa shape index (κ1) is 10.7. The van der Waals surface area contributed by atoms with Crippen molar-refractivity contribution in [3.8, 4) is 0 Å². The van der Waals surface area contributed by atoms with Crippen LogP contribution in [0.25, 0.3) is 11.2 Å². The van der Waals surface area contributed by atoms with Gasteiger partial charge in [0.2, 0.25) is 0 Å². The Morgan fingerprint density at radius 3 is 2.94 bits per heavy atom. The zero-order chi connectivity index (χ0) is 11.5. The predicted molar refractivity (Wildman–Crippen MR) is 60.5 cm³/mol. The number of fused-ring (bicyclic) bond motifs is 1. The minimum absolute atomic E-state index is 0.357. The Labute approximate surface area is 91.3 Å². The fraction of sp³-hybridized carbons (Fsp3) is 0.500. The van der Waals surface area contributed by atoms with E-state index in [1.807, 2.05) is 0 Å². The molecule has 0 unspecified atom stereocenters. The lowest BCUT2D eigenvalue weighted by atomic mass is 10.2. The molecule has 0 saturated heterocycles. The number of imidazole rings is 1. The number of hydrogen-bond donors (Lipinski definition) is 2. The molecule has 0 aliphatic heterocycles. The molecule has 0 aliphatic rings. The maximum Gasteiger partial charge on any atom is 0.330 e. The standard InChI is InChI=1S/C10H14N4O2/c1-2-3-4-5-14-8-7(11-6-12-8)9(15)13-10(14)16/h6H,2-5H2,1H3,(H,11,12)(H,13,15,16). The molecule has 0 aliphatic carbocycles. The third kappa shape index (κ3) is 1.78. The van der Waals surface area contributed by atoms with Gasteiger partial charge in [0.05, 0.1) is 6.33 Å². The van der Waals surface area contributed by atoms with Crippen LogP contribution in [0, 0.1) is 0 Å².